The molecule has 0 aliphatic carbocycles. The van der Waals surface area contributed by atoms with E-state index in [9.17, 15) is 14.7 Å². The number of esters is 1. The van der Waals surface area contributed by atoms with Crippen molar-refractivity contribution in [3.63, 3.8) is 0 Å². The Balaban J connectivity index is 2.26. The first-order chi connectivity index (χ1) is 10.1. The number of rotatable bonds is 5. The molecule has 2 aromatic carbocycles. The quantitative estimate of drug-likeness (QED) is 0.855. The lowest BCUT2D eigenvalue weighted by Gasteiger charge is -2.15. The summed E-state index contributed by atoms with van der Waals surface area (Å²) < 4.78 is 10.1. The lowest BCUT2D eigenvalue weighted by atomic mass is 10.1. The lowest BCUT2D eigenvalue weighted by Crippen LogP contribution is -2.18. The van der Waals surface area contributed by atoms with E-state index in [1.54, 1.807) is 48.5 Å². The van der Waals surface area contributed by atoms with Gasteiger partial charge in [-0.05, 0) is 18.2 Å². The second kappa shape index (κ2) is 6.56. The van der Waals surface area contributed by atoms with Gasteiger partial charge in [-0.25, -0.2) is 9.59 Å². The molecule has 108 valence electrons. The fraction of sp³-hybridized carbons (Fsp3) is 0.125. The van der Waals surface area contributed by atoms with Gasteiger partial charge in [0.2, 0.25) is 6.10 Å². The fourth-order valence-electron chi connectivity index (χ4n) is 1.84. The summed E-state index contributed by atoms with van der Waals surface area (Å²) in [5, 5.41) is 9.30. The van der Waals surface area contributed by atoms with Crippen LogP contribution in [-0.4, -0.2) is 24.2 Å². The van der Waals surface area contributed by atoms with Crippen molar-refractivity contribution < 1.29 is 24.2 Å². The summed E-state index contributed by atoms with van der Waals surface area (Å²) in [5.74, 6) is -1.33. The minimum atomic E-state index is -1.14. The van der Waals surface area contributed by atoms with Crippen LogP contribution >= 0.6 is 0 Å². The molecule has 5 nitrogen and oxygen atoms in total. The van der Waals surface area contributed by atoms with Crippen LogP contribution < -0.4 is 4.74 Å². The van der Waals surface area contributed by atoms with Crippen molar-refractivity contribution in [1.82, 2.24) is 0 Å². The molecule has 0 aliphatic heterocycles. The number of ether oxygens (including phenoxy) is 2. The number of carbonyl (C=O) groups excluding carboxylic acids is 1. The van der Waals surface area contributed by atoms with E-state index in [2.05, 4.69) is 4.74 Å². The molecule has 0 aliphatic rings. The number of carbonyl (C=O) groups is 2. The zero-order valence-electron chi connectivity index (χ0n) is 11.4. The maximum Gasteiger partial charge on any atom is 0.349 e. The van der Waals surface area contributed by atoms with Crippen molar-refractivity contribution in [2.75, 3.05) is 7.11 Å². The Kier molecular flexibility index (Phi) is 4.56. The second-order valence-corrected chi connectivity index (χ2v) is 4.27. The number of hydrogen-bond acceptors (Lipinski definition) is 4. The molecule has 0 fully saturated rings. The summed E-state index contributed by atoms with van der Waals surface area (Å²) in [6.45, 7) is 0. The van der Waals surface area contributed by atoms with Gasteiger partial charge in [-0.2, -0.15) is 0 Å². The smallest absolute Gasteiger partial charge is 0.349 e. The van der Waals surface area contributed by atoms with E-state index in [4.69, 9.17) is 4.74 Å². The molecule has 1 atom stereocenters. The van der Waals surface area contributed by atoms with Crippen molar-refractivity contribution in [2.45, 2.75) is 6.10 Å². The van der Waals surface area contributed by atoms with E-state index in [-0.39, 0.29) is 5.75 Å². The van der Waals surface area contributed by atoms with Crippen LogP contribution in [-0.2, 0) is 9.53 Å². The molecule has 0 aromatic heterocycles. The molecule has 5 heteroatoms. The number of methoxy groups -OCH3 is 1. The molecule has 0 saturated carbocycles. The number of benzene rings is 2. The number of carboxylic acids is 1. The van der Waals surface area contributed by atoms with Crippen LogP contribution in [0.5, 0.6) is 5.75 Å². The molecule has 1 unspecified atom stereocenters. The third-order valence-corrected chi connectivity index (χ3v) is 2.84. The standard InChI is InChI=1S/C16H14O5/c1-20-16(19)12-8-5-9-13(10-12)21-14(15(17)18)11-6-3-2-4-7-11/h2-10,14H,1H3,(H,17,18). The Morgan fingerprint density at radius 3 is 2.38 bits per heavy atom. The van der Waals surface area contributed by atoms with Crippen LogP contribution in [0.4, 0.5) is 0 Å². The van der Waals surface area contributed by atoms with Gasteiger partial charge in [-0.3, -0.25) is 0 Å². The van der Waals surface area contributed by atoms with Crippen molar-refractivity contribution in [3.8, 4) is 5.75 Å². The highest BCUT2D eigenvalue weighted by molar-refractivity contribution is 5.89. The molecule has 0 radical (unpaired) electrons. The van der Waals surface area contributed by atoms with Gasteiger partial charge in [-0.1, -0.05) is 36.4 Å². The van der Waals surface area contributed by atoms with E-state index < -0.39 is 18.0 Å². The Morgan fingerprint density at radius 1 is 1.05 bits per heavy atom. The summed E-state index contributed by atoms with van der Waals surface area (Å²) >= 11 is 0. The Labute approximate surface area is 121 Å². The highest BCUT2D eigenvalue weighted by atomic mass is 16.5. The summed E-state index contributed by atoms with van der Waals surface area (Å²) in [5.41, 5.74) is 0.820. The first-order valence-electron chi connectivity index (χ1n) is 6.24. The molecule has 0 spiro atoms. The van der Waals surface area contributed by atoms with Crippen LogP contribution in [0.3, 0.4) is 0 Å². The molecule has 0 heterocycles. The monoisotopic (exact) mass is 286 g/mol. The Hall–Kier alpha value is -2.82. The van der Waals surface area contributed by atoms with Gasteiger partial charge in [0.05, 0.1) is 12.7 Å². The molecule has 0 amide bonds. The molecule has 1 N–H and O–H groups in total. The minimum Gasteiger partial charge on any atom is -0.478 e. The van der Waals surface area contributed by atoms with Crippen molar-refractivity contribution in [1.29, 1.82) is 0 Å². The summed E-state index contributed by atoms with van der Waals surface area (Å²) in [6, 6.07) is 14.8. The van der Waals surface area contributed by atoms with E-state index in [0.29, 0.717) is 11.1 Å². The lowest BCUT2D eigenvalue weighted by molar-refractivity contribution is -0.145. The van der Waals surface area contributed by atoms with Crippen LogP contribution in [0.25, 0.3) is 0 Å². The molecular weight excluding hydrogens is 272 g/mol. The second-order valence-electron chi connectivity index (χ2n) is 4.27. The summed E-state index contributed by atoms with van der Waals surface area (Å²) in [6.07, 6.45) is -1.14. The van der Waals surface area contributed by atoms with Gasteiger partial charge in [0, 0.05) is 5.56 Å². The maximum absolute atomic E-state index is 11.5. The first kappa shape index (κ1) is 14.6. The zero-order chi connectivity index (χ0) is 15.2. The van der Waals surface area contributed by atoms with Crippen molar-refractivity contribution in [3.05, 3.63) is 65.7 Å². The van der Waals surface area contributed by atoms with E-state index in [1.165, 1.54) is 13.2 Å². The maximum atomic E-state index is 11.5. The summed E-state index contributed by atoms with van der Waals surface area (Å²) in [4.78, 5) is 22.8. The van der Waals surface area contributed by atoms with Gasteiger partial charge in [0.25, 0.3) is 0 Å². The van der Waals surface area contributed by atoms with Crippen LogP contribution in [0, 0.1) is 0 Å². The molecule has 2 rings (SSSR count). The summed E-state index contributed by atoms with van der Waals surface area (Å²) in [7, 11) is 1.28. The average Bonchev–Trinajstić information content (AvgIpc) is 2.52. The normalized spacial score (nSPS) is 11.5. The molecule has 21 heavy (non-hydrogen) atoms. The molecule has 2 aromatic rings. The van der Waals surface area contributed by atoms with E-state index in [1.807, 2.05) is 0 Å². The zero-order valence-corrected chi connectivity index (χ0v) is 11.4. The number of aliphatic carboxylic acids is 1. The predicted molar refractivity (Wildman–Crippen MR) is 75.2 cm³/mol. The Morgan fingerprint density at radius 2 is 1.76 bits per heavy atom. The minimum absolute atomic E-state index is 0.286. The Bertz CT molecular complexity index is 636. The van der Waals surface area contributed by atoms with Gasteiger partial charge in [-0.15, -0.1) is 0 Å². The third kappa shape index (κ3) is 3.60. The third-order valence-electron chi connectivity index (χ3n) is 2.84. The van der Waals surface area contributed by atoms with E-state index in [0.717, 1.165) is 0 Å². The molecule has 0 saturated heterocycles. The van der Waals surface area contributed by atoms with Gasteiger partial charge in [0.1, 0.15) is 5.75 Å². The van der Waals surface area contributed by atoms with Crippen molar-refractivity contribution in [2.24, 2.45) is 0 Å². The van der Waals surface area contributed by atoms with E-state index >= 15 is 0 Å². The van der Waals surface area contributed by atoms with Gasteiger partial charge in [0.15, 0.2) is 0 Å². The SMILES string of the molecule is COC(=O)c1cccc(OC(C(=O)O)c2ccccc2)c1. The van der Waals surface area contributed by atoms with Gasteiger partial charge >= 0.3 is 11.9 Å². The van der Waals surface area contributed by atoms with Gasteiger partial charge < -0.3 is 14.6 Å². The fourth-order valence-corrected chi connectivity index (χ4v) is 1.84. The highest BCUT2D eigenvalue weighted by Crippen LogP contribution is 2.23. The molecule has 0 bridgehead atoms. The highest BCUT2D eigenvalue weighted by Gasteiger charge is 2.22. The molecular formula is C16H14O5. The topological polar surface area (TPSA) is 72.8 Å². The van der Waals surface area contributed by atoms with Crippen LogP contribution in [0.2, 0.25) is 0 Å². The van der Waals surface area contributed by atoms with Crippen molar-refractivity contribution >= 4 is 11.9 Å². The first-order valence-corrected chi connectivity index (χ1v) is 6.24. The largest absolute Gasteiger partial charge is 0.478 e. The average molecular weight is 286 g/mol. The number of hydrogen-bond donors (Lipinski definition) is 1. The van der Waals surface area contributed by atoms with Crippen LogP contribution in [0.1, 0.15) is 22.0 Å². The number of carboxylic acid groups (broad SMARTS) is 1. The van der Waals surface area contributed by atoms with Crippen LogP contribution in [0.15, 0.2) is 54.6 Å². The predicted octanol–water partition coefficient (Wildman–Crippen LogP) is 2.68.